The summed E-state index contributed by atoms with van der Waals surface area (Å²) in [5.74, 6) is -0.264. The van der Waals surface area contributed by atoms with Crippen LogP contribution in [0.25, 0.3) is 0 Å². The van der Waals surface area contributed by atoms with E-state index in [9.17, 15) is 10.1 Å². The fourth-order valence-corrected chi connectivity index (χ4v) is 3.05. The largest absolute Gasteiger partial charge is 0.387 e. The highest BCUT2D eigenvalue weighted by atomic mass is 16.5. The summed E-state index contributed by atoms with van der Waals surface area (Å²) in [6.07, 6.45) is 15.0. The minimum absolute atomic E-state index is 0.136. The molecule has 0 aromatic rings. The SMILES string of the molecule is COCCN/C=C(/C#N)C(=O)NC1CCCCCCCCCCC1. The second kappa shape index (κ2) is 13.9. The molecule has 1 fully saturated rings. The molecule has 0 aromatic heterocycles. The number of nitrogens with one attached hydrogen (secondary N) is 2. The molecule has 1 saturated carbocycles. The molecule has 0 unspecified atom stereocenters. The monoisotopic (exact) mass is 335 g/mol. The molecular weight excluding hydrogens is 302 g/mol. The Balaban J connectivity index is 2.47. The summed E-state index contributed by atoms with van der Waals surface area (Å²) >= 11 is 0. The molecule has 1 aliphatic carbocycles. The highest BCUT2D eigenvalue weighted by Crippen LogP contribution is 2.17. The lowest BCUT2D eigenvalue weighted by Gasteiger charge is -2.19. The summed E-state index contributed by atoms with van der Waals surface area (Å²) in [4.78, 5) is 12.3. The van der Waals surface area contributed by atoms with E-state index < -0.39 is 0 Å². The first-order chi connectivity index (χ1) is 11.8. The third-order valence-electron chi connectivity index (χ3n) is 4.50. The van der Waals surface area contributed by atoms with E-state index in [0.717, 1.165) is 25.7 Å². The fourth-order valence-electron chi connectivity index (χ4n) is 3.05. The summed E-state index contributed by atoms with van der Waals surface area (Å²) < 4.78 is 4.93. The molecule has 0 bridgehead atoms. The summed E-state index contributed by atoms with van der Waals surface area (Å²) in [6.45, 7) is 1.12. The van der Waals surface area contributed by atoms with Crippen LogP contribution in [-0.4, -0.2) is 32.2 Å². The van der Waals surface area contributed by atoms with Crippen LogP contribution in [0.2, 0.25) is 0 Å². The normalized spacial score (nSPS) is 18.8. The quantitative estimate of drug-likeness (QED) is 0.443. The van der Waals surface area contributed by atoms with Crippen molar-refractivity contribution >= 4 is 5.91 Å². The molecule has 2 N–H and O–H groups in total. The van der Waals surface area contributed by atoms with Gasteiger partial charge in [-0.3, -0.25) is 4.79 Å². The van der Waals surface area contributed by atoms with Crippen LogP contribution >= 0.6 is 0 Å². The molecule has 0 aliphatic heterocycles. The van der Waals surface area contributed by atoms with Gasteiger partial charge in [0.25, 0.3) is 5.91 Å². The molecule has 0 spiro atoms. The average Bonchev–Trinajstić information content (AvgIpc) is 2.57. The number of methoxy groups -OCH3 is 1. The lowest BCUT2D eigenvalue weighted by Crippen LogP contribution is -2.36. The summed E-state index contributed by atoms with van der Waals surface area (Å²) in [7, 11) is 1.62. The standard InChI is InChI=1S/C19H33N3O2/c1-24-14-13-21-16-17(15-20)19(23)22-18-11-9-7-5-3-2-4-6-8-10-12-18/h16,18,21H,2-14H2,1H3,(H,22,23)/b17-16-. The summed E-state index contributed by atoms with van der Waals surface area (Å²) in [5.41, 5.74) is 0.136. The van der Waals surface area contributed by atoms with Crippen molar-refractivity contribution < 1.29 is 9.53 Å². The van der Waals surface area contributed by atoms with Gasteiger partial charge in [0.05, 0.1) is 6.61 Å². The van der Waals surface area contributed by atoms with Gasteiger partial charge in [-0.1, -0.05) is 57.8 Å². The number of nitrogens with zero attached hydrogens (tertiary/aromatic N) is 1. The molecule has 5 heteroatoms. The second-order valence-electron chi connectivity index (χ2n) is 6.55. The molecule has 136 valence electrons. The van der Waals surface area contributed by atoms with Gasteiger partial charge in [-0.25, -0.2) is 0 Å². The molecular formula is C19H33N3O2. The number of carbonyl (C=O) groups is 1. The summed E-state index contributed by atoms with van der Waals surface area (Å²) in [5, 5.41) is 15.2. The van der Waals surface area contributed by atoms with Crippen molar-refractivity contribution in [3.05, 3.63) is 11.8 Å². The Labute approximate surface area is 146 Å². The van der Waals surface area contributed by atoms with Gasteiger partial charge in [-0.05, 0) is 12.8 Å². The molecule has 1 rings (SSSR count). The van der Waals surface area contributed by atoms with Gasteiger partial charge in [0.1, 0.15) is 11.6 Å². The van der Waals surface area contributed by atoms with Gasteiger partial charge in [0, 0.05) is 25.9 Å². The molecule has 0 radical (unpaired) electrons. The van der Waals surface area contributed by atoms with Crippen molar-refractivity contribution in [1.82, 2.24) is 10.6 Å². The van der Waals surface area contributed by atoms with E-state index in [1.807, 2.05) is 6.07 Å². The van der Waals surface area contributed by atoms with E-state index in [4.69, 9.17) is 4.74 Å². The fraction of sp³-hybridized carbons (Fsp3) is 0.789. The Bertz CT molecular complexity index is 403. The first-order valence-electron chi connectivity index (χ1n) is 9.41. The van der Waals surface area contributed by atoms with Crippen LogP contribution in [-0.2, 0) is 9.53 Å². The number of ether oxygens (including phenoxy) is 1. The number of nitriles is 1. The van der Waals surface area contributed by atoms with Crippen LogP contribution in [0.1, 0.15) is 70.6 Å². The van der Waals surface area contributed by atoms with Gasteiger partial charge < -0.3 is 15.4 Å². The molecule has 24 heavy (non-hydrogen) atoms. The predicted molar refractivity (Wildman–Crippen MR) is 96.3 cm³/mol. The van der Waals surface area contributed by atoms with Crippen LogP contribution in [0.15, 0.2) is 11.8 Å². The maximum Gasteiger partial charge on any atom is 0.263 e. The molecule has 0 atom stereocenters. The van der Waals surface area contributed by atoms with Crippen molar-refractivity contribution in [2.45, 2.75) is 76.7 Å². The second-order valence-corrected chi connectivity index (χ2v) is 6.55. The van der Waals surface area contributed by atoms with Crippen molar-refractivity contribution in [2.24, 2.45) is 0 Å². The molecule has 1 amide bonds. The van der Waals surface area contributed by atoms with Crippen LogP contribution in [0.4, 0.5) is 0 Å². The predicted octanol–water partition coefficient (Wildman–Crippen LogP) is 3.42. The van der Waals surface area contributed by atoms with Crippen molar-refractivity contribution in [3.8, 4) is 6.07 Å². The topological polar surface area (TPSA) is 74.1 Å². The smallest absolute Gasteiger partial charge is 0.263 e. The molecule has 0 heterocycles. The van der Waals surface area contributed by atoms with E-state index in [0.29, 0.717) is 13.2 Å². The van der Waals surface area contributed by atoms with E-state index in [1.54, 1.807) is 7.11 Å². The van der Waals surface area contributed by atoms with Crippen LogP contribution < -0.4 is 10.6 Å². The third-order valence-corrected chi connectivity index (χ3v) is 4.50. The highest BCUT2D eigenvalue weighted by Gasteiger charge is 2.15. The Morgan fingerprint density at radius 3 is 2.12 bits per heavy atom. The number of amides is 1. The first kappa shape index (κ1) is 20.5. The van der Waals surface area contributed by atoms with Gasteiger partial charge in [-0.15, -0.1) is 0 Å². The van der Waals surface area contributed by atoms with Crippen LogP contribution in [0, 0.1) is 11.3 Å². The van der Waals surface area contributed by atoms with Gasteiger partial charge in [0.2, 0.25) is 0 Å². The zero-order chi connectivity index (χ0) is 17.5. The summed E-state index contributed by atoms with van der Waals surface area (Å²) in [6, 6.07) is 2.17. The minimum Gasteiger partial charge on any atom is -0.387 e. The molecule has 0 saturated heterocycles. The maximum absolute atomic E-state index is 12.3. The van der Waals surface area contributed by atoms with E-state index in [-0.39, 0.29) is 17.5 Å². The number of carbonyl (C=O) groups excluding carboxylic acids is 1. The van der Waals surface area contributed by atoms with E-state index in [1.165, 1.54) is 51.1 Å². The average molecular weight is 335 g/mol. The Morgan fingerprint density at radius 1 is 1.08 bits per heavy atom. The van der Waals surface area contributed by atoms with Crippen molar-refractivity contribution in [2.75, 3.05) is 20.3 Å². The van der Waals surface area contributed by atoms with E-state index >= 15 is 0 Å². The maximum atomic E-state index is 12.3. The molecule has 5 nitrogen and oxygen atoms in total. The van der Waals surface area contributed by atoms with Crippen molar-refractivity contribution in [1.29, 1.82) is 5.26 Å². The van der Waals surface area contributed by atoms with Gasteiger partial charge in [-0.2, -0.15) is 5.26 Å². The zero-order valence-corrected chi connectivity index (χ0v) is 15.1. The van der Waals surface area contributed by atoms with Crippen LogP contribution in [0.5, 0.6) is 0 Å². The van der Waals surface area contributed by atoms with Gasteiger partial charge in [0.15, 0.2) is 0 Å². The first-order valence-corrected chi connectivity index (χ1v) is 9.41. The van der Waals surface area contributed by atoms with E-state index in [2.05, 4.69) is 10.6 Å². The Kier molecular flexibility index (Phi) is 11.8. The minimum atomic E-state index is -0.264. The molecule has 0 aromatic carbocycles. The Morgan fingerprint density at radius 2 is 1.62 bits per heavy atom. The van der Waals surface area contributed by atoms with Gasteiger partial charge >= 0.3 is 0 Å². The van der Waals surface area contributed by atoms with Crippen LogP contribution in [0.3, 0.4) is 0 Å². The molecule has 1 aliphatic rings. The Hall–Kier alpha value is -1.54. The lowest BCUT2D eigenvalue weighted by atomic mass is 9.98. The number of rotatable bonds is 6. The number of hydrogen-bond acceptors (Lipinski definition) is 4. The van der Waals surface area contributed by atoms with Crippen molar-refractivity contribution in [3.63, 3.8) is 0 Å². The third kappa shape index (κ3) is 9.57. The number of hydrogen-bond donors (Lipinski definition) is 2. The zero-order valence-electron chi connectivity index (χ0n) is 15.1. The highest BCUT2D eigenvalue weighted by molar-refractivity contribution is 5.97. The lowest BCUT2D eigenvalue weighted by molar-refractivity contribution is -0.117.